The Balaban J connectivity index is 1.77. The van der Waals surface area contributed by atoms with Crippen molar-refractivity contribution in [1.82, 2.24) is 0 Å². The molecule has 3 rings (SSSR count). The molecular weight excluding hydrogens is 400 g/mol. The summed E-state index contributed by atoms with van der Waals surface area (Å²) < 4.78 is 11.2. The summed E-state index contributed by atoms with van der Waals surface area (Å²) in [5, 5.41) is 0. The van der Waals surface area contributed by atoms with Crippen LogP contribution in [0.3, 0.4) is 0 Å². The van der Waals surface area contributed by atoms with Crippen LogP contribution in [0.15, 0.2) is 97.1 Å². The van der Waals surface area contributed by atoms with Crippen molar-refractivity contribution in [3.8, 4) is 11.5 Å². The molecular formula is C28H26O4. The van der Waals surface area contributed by atoms with Crippen LogP contribution < -0.4 is 9.47 Å². The smallest absolute Gasteiger partial charge is 0.343 e. The summed E-state index contributed by atoms with van der Waals surface area (Å²) >= 11 is 0. The molecule has 0 aliphatic carbocycles. The molecule has 0 atom stereocenters. The van der Waals surface area contributed by atoms with Crippen LogP contribution in [0.1, 0.15) is 45.7 Å². The Morgan fingerprint density at radius 2 is 1.06 bits per heavy atom. The molecule has 0 fully saturated rings. The molecule has 0 bridgehead atoms. The van der Waals surface area contributed by atoms with E-state index in [9.17, 15) is 9.59 Å². The van der Waals surface area contributed by atoms with Crippen LogP contribution in [0, 0.1) is 0 Å². The number of benzene rings is 3. The molecule has 0 aliphatic heterocycles. The Hall–Kier alpha value is -3.92. The monoisotopic (exact) mass is 426 g/mol. The molecule has 0 spiro atoms. The van der Waals surface area contributed by atoms with E-state index in [1.807, 2.05) is 38.1 Å². The van der Waals surface area contributed by atoms with Crippen LogP contribution in [0.25, 0.3) is 0 Å². The van der Waals surface area contributed by atoms with Gasteiger partial charge in [-0.1, -0.05) is 66.8 Å². The summed E-state index contributed by atoms with van der Waals surface area (Å²) in [7, 11) is 0. The van der Waals surface area contributed by atoms with Gasteiger partial charge in [0.15, 0.2) is 0 Å². The average molecular weight is 427 g/mol. The number of carbonyl (C=O) groups is 2. The predicted octanol–water partition coefficient (Wildman–Crippen LogP) is 6.36. The molecule has 0 saturated heterocycles. The summed E-state index contributed by atoms with van der Waals surface area (Å²) in [6, 6.07) is 21.0. The lowest BCUT2D eigenvalue weighted by atomic mass is 10.1. The number of allylic oxidation sites excluding steroid dienone is 2. The summed E-state index contributed by atoms with van der Waals surface area (Å²) in [5.41, 5.74) is 4.20. The van der Waals surface area contributed by atoms with Gasteiger partial charge in [0.2, 0.25) is 0 Å². The van der Waals surface area contributed by atoms with E-state index in [2.05, 4.69) is 13.2 Å². The molecule has 0 unspecified atom stereocenters. The van der Waals surface area contributed by atoms with Gasteiger partial charge in [0, 0.05) is 0 Å². The molecule has 0 radical (unpaired) electrons. The third kappa shape index (κ3) is 6.05. The Bertz CT molecular complexity index is 1080. The Labute approximate surface area is 188 Å². The standard InChI is InChI=1S/C28H26O4/c1-19(2)16-21-10-5-7-14-25(21)31-27(29)23-12-9-13-24(18-23)28(30)32-26-15-8-6-11-22(26)17-20(3)4/h5-15,18H,1,3,16-17H2,2,4H3. The molecule has 162 valence electrons. The van der Waals surface area contributed by atoms with Crippen LogP contribution in [0.4, 0.5) is 0 Å². The fourth-order valence-corrected chi connectivity index (χ4v) is 3.24. The minimum absolute atomic E-state index is 0.264. The summed E-state index contributed by atoms with van der Waals surface area (Å²) in [4.78, 5) is 25.5. The van der Waals surface area contributed by atoms with Crippen molar-refractivity contribution < 1.29 is 19.1 Å². The van der Waals surface area contributed by atoms with Crippen LogP contribution in [-0.4, -0.2) is 11.9 Å². The van der Waals surface area contributed by atoms with Crippen molar-refractivity contribution in [3.63, 3.8) is 0 Å². The number of hydrogen-bond donors (Lipinski definition) is 0. The van der Waals surface area contributed by atoms with Crippen molar-refractivity contribution in [2.45, 2.75) is 26.7 Å². The highest BCUT2D eigenvalue weighted by molar-refractivity contribution is 5.96. The van der Waals surface area contributed by atoms with Crippen molar-refractivity contribution in [1.29, 1.82) is 0 Å². The Kier molecular flexibility index (Phi) is 7.40. The second kappa shape index (κ2) is 10.4. The predicted molar refractivity (Wildman–Crippen MR) is 126 cm³/mol. The molecule has 3 aromatic rings. The molecule has 0 N–H and O–H groups in total. The van der Waals surface area contributed by atoms with Gasteiger partial charge in [0.25, 0.3) is 0 Å². The zero-order valence-electron chi connectivity index (χ0n) is 18.4. The van der Waals surface area contributed by atoms with Gasteiger partial charge in [-0.3, -0.25) is 0 Å². The largest absolute Gasteiger partial charge is 0.423 e. The normalized spacial score (nSPS) is 10.3. The van der Waals surface area contributed by atoms with E-state index in [-0.39, 0.29) is 11.1 Å². The lowest BCUT2D eigenvalue weighted by molar-refractivity contribution is 0.0733. The first-order chi connectivity index (χ1) is 15.3. The zero-order chi connectivity index (χ0) is 23.1. The van der Waals surface area contributed by atoms with Gasteiger partial charge < -0.3 is 9.47 Å². The van der Waals surface area contributed by atoms with Gasteiger partial charge >= 0.3 is 11.9 Å². The molecule has 4 heteroatoms. The second-order valence-electron chi connectivity index (χ2n) is 7.84. The zero-order valence-corrected chi connectivity index (χ0v) is 18.4. The van der Waals surface area contributed by atoms with E-state index in [1.165, 1.54) is 6.07 Å². The third-order valence-electron chi connectivity index (χ3n) is 4.67. The molecule has 0 heterocycles. The maximum Gasteiger partial charge on any atom is 0.343 e. The highest BCUT2D eigenvalue weighted by atomic mass is 16.5. The van der Waals surface area contributed by atoms with Crippen molar-refractivity contribution in [2.75, 3.05) is 0 Å². The molecule has 32 heavy (non-hydrogen) atoms. The Morgan fingerprint density at radius 1 is 0.656 bits per heavy atom. The fourth-order valence-electron chi connectivity index (χ4n) is 3.24. The minimum Gasteiger partial charge on any atom is -0.423 e. The highest BCUT2D eigenvalue weighted by Gasteiger charge is 2.16. The van der Waals surface area contributed by atoms with Gasteiger partial charge in [0.1, 0.15) is 11.5 Å². The SMILES string of the molecule is C=C(C)Cc1ccccc1OC(=O)c1cccc(C(=O)Oc2ccccc2CC(=C)C)c1. The molecule has 0 aliphatic rings. The number of esters is 2. The van der Waals surface area contributed by atoms with E-state index in [1.54, 1.807) is 42.5 Å². The lowest BCUT2D eigenvalue weighted by Crippen LogP contribution is -2.13. The summed E-state index contributed by atoms with van der Waals surface area (Å²) in [6.07, 6.45) is 1.22. The van der Waals surface area contributed by atoms with E-state index in [0.717, 1.165) is 22.3 Å². The first-order valence-electron chi connectivity index (χ1n) is 10.3. The van der Waals surface area contributed by atoms with E-state index in [4.69, 9.17) is 9.47 Å². The first-order valence-corrected chi connectivity index (χ1v) is 10.3. The Morgan fingerprint density at radius 3 is 1.47 bits per heavy atom. The fraction of sp³-hybridized carbons (Fsp3) is 0.143. The van der Waals surface area contributed by atoms with E-state index in [0.29, 0.717) is 24.3 Å². The molecule has 3 aromatic carbocycles. The maximum absolute atomic E-state index is 12.8. The van der Waals surface area contributed by atoms with Crippen LogP contribution in [-0.2, 0) is 12.8 Å². The van der Waals surface area contributed by atoms with Crippen LogP contribution in [0.2, 0.25) is 0 Å². The van der Waals surface area contributed by atoms with Crippen LogP contribution in [0.5, 0.6) is 11.5 Å². The third-order valence-corrected chi connectivity index (χ3v) is 4.67. The van der Waals surface area contributed by atoms with Gasteiger partial charge in [-0.15, -0.1) is 0 Å². The van der Waals surface area contributed by atoms with Gasteiger partial charge in [-0.05, 0) is 68.1 Å². The summed E-state index contributed by atoms with van der Waals surface area (Å²) in [6.45, 7) is 11.7. The van der Waals surface area contributed by atoms with Gasteiger partial charge in [-0.2, -0.15) is 0 Å². The maximum atomic E-state index is 12.8. The minimum atomic E-state index is -0.545. The second-order valence-corrected chi connectivity index (χ2v) is 7.84. The van der Waals surface area contributed by atoms with Crippen molar-refractivity contribution in [3.05, 3.63) is 119 Å². The summed E-state index contributed by atoms with van der Waals surface area (Å²) in [5.74, 6) is -0.141. The number of hydrogen-bond acceptors (Lipinski definition) is 4. The highest BCUT2D eigenvalue weighted by Crippen LogP contribution is 2.24. The van der Waals surface area contributed by atoms with Gasteiger partial charge in [-0.25, -0.2) is 9.59 Å². The van der Waals surface area contributed by atoms with Gasteiger partial charge in [0.05, 0.1) is 11.1 Å². The first kappa shape index (κ1) is 22.8. The molecule has 4 nitrogen and oxygen atoms in total. The lowest BCUT2D eigenvalue weighted by Gasteiger charge is -2.12. The number of ether oxygens (including phenoxy) is 2. The quantitative estimate of drug-likeness (QED) is 0.239. The molecule has 0 amide bonds. The molecule has 0 aromatic heterocycles. The van der Waals surface area contributed by atoms with E-state index < -0.39 is 11.9 Å². The molecule has 0 saturated carbocycles. The number of rotatable bonds is 8. The average Bonchev–Trinajstić information content (AvgIpc) is 2.76. The number of para-hydroxylation sites is 2. The van der Waals surface area contributed by atoms with E-state index >= 15 is 0 Å². The van der Waals surface area contributed by atoms with Crippen LogP contribution >= 0.6 is 0 Å². The van der Waals surface area contributed by atoms with Crippen molar-refractivity contribution in [2.24, 2.45) is 0 Å². The number of carbonyl (C=O) groups excluding carboxylic acids is 2. The topological polar surface area (TPSA) is 52.6 Å². The van der Waals surface area contributed by atoms with Crippen molar-refractivity contribution >= 4 is 11.9 Å².